The van der Waals surface area contributed by atoms with E-state index in [9.17, 15) is 0 Å². The third kappa shape index (κ3) is 5.03. The van der Waals surface area contributed by atoms with Crippen LogP contribution in [0, 0.1) is 5.92 Å². The van der Waals surface area contributed by atoms with Crippen LogP contribution in [-0.4, -0.2) is 75.4 Å². The molecule has 0 bridgehead atoms. The van der Waals surface area contributed by atoms with Gasteiger partial charge in [0.15, 0.2) is 0 Å². The predicted molar refractivity (Wildman–Crippen MR) is 79.6 cm³/mol. The van der Waals surface area contributed by atoms with Crippen LogP contribution in [0.5, 0.6) is 0 Å². The lowest BCUT2D eigenvalue weighted by Gasteiger charge is -2.30. The SMILES string of the molecule is CCC1CN(C)CCCN1CCNCC1CCOC1. The maximum atomic E-state index is 5.41. The Kier molecular flexibility index (Phi) is 6.57. The summed E-state index contributed by atoms with van der Waals surface area (Å²) >= 11 is 0. The minimum atomic E-state index is 0.740. The molecule has 0 saturated carbocycles. The fourth-order valence-electron chi connectivity index (χ4n) is 3.25. The van der Waals surface area contributed by atoms with Gasteiger partial charge in [0, 0.05) is 38.8 Å². The van der Waals surface area contributed by atoms with Crippen LogP contribution in [0.15, 0.2) is 0 Å². The van der Waals surface area contributed by atoms with Crippen molar-refractivity contribution in [3.05, 3.63) is 0 Å². The van der Waals surface area contributed by atoms with Crippen LogP contribution < -0.4 is 5.32 Å². The Bertz CT molecular complexity index is 244. The summed E-state index contributed by atoms with van der Waals surface area (Å²) in [7, 11) is 2.25. The Balaban J connectivity index is 1.64. The molecule has 2 unspecified atom stereocenters. The highest BCUT2D eigenvalue weighted by Crippen LogP contribution is 2.12. The average molecular weight is 269 g/mol. The molecule has 2 saturated heterocycles. The average Bonchev–Trinajstić information content (AvgIpc) is 2.85. The maximum absolute atomic E-state index is 5.41. The summed E-state index contributed by atoms with van der Waals surface area (Å²) in [5, 5.41) is 3.62. The Labute approximate surface area is 118 Å². The molecular formula is C15H31N3O. The highest BCUT2D eigenvalue weighted by Gasteiger charge is 2.21. The van der Waals surface area contributed by atoms with E-state index in [1.54, 1.807) is 0 Å². The van der Waals surface area contributed by atoms with Gasteiger partial charge in [-0.3, -0.25) is 4.90 Å². The minimum absolute atomic E-state index is 0.740. The molecule has 4 heteroatoms. The van der Waals surface area contributed by atoms with Gasteiger partial charge in [0.05, 0.1) is 6.61 Å². The molecule has 2 fully saturated rings. The highest BCUT2D eigenvalue weighted by molar-refractivity contribution is 4.78. The van der Waals surface area contributed by atoms with Gasteiger partial charge in [-0.05, 0) is 45.3 Å². The van der Waals surface area contributed by atoms with E-state index in [0.717, 1.165) is 38.3 Å². The smallest absolute Gasteiger partial charge is 0.0507 e. The van der Waals surface area contributed by atoms with Crippen molar-refractivity contribution in [3.63, 3.8) is 0 Å². The van der Waals surface area contributed by atoms with Gasteiger partial charge in [-0.2, -0.15) is 0 Å². The second-order valence-electron chi connectivity index (χ2n) is 6.15. The molecule has 0 radical (unpaired) electrons. The third-order valence-electron chi connectivity index (χ3n) is 4.53. The van der Waals surface area contributed by atoms with Crippen molar-refractivity contribution in [2.45, 2.75) is 32.2 Å². The van der Waals surface area contributed by atoms with Gasteiger partial charge in [-0.1, -0.05) is 6.92 Å². The maximum Gasteiger partial charge on any atom is 0.0507 e. The molecule has 0 aromatic rings. The summed E-state index contributed by atoms with van der Waals surface area (Å²) in [5.74, 6) is 0.747. The van der Waals surface area contributed by atoms with Crippen LogP contribution in [0.3, 0.4) is 0 Å². The molecule has 19 heavy (non-hydrogen) atoms. The van der Waals surface area contributed by atoms with Gasteiger partial charge in [-0.25, -0.2) is 0 Å². The van der Waals surface area contributed by atoms with Crippen molar-refractivity contribution >= 4 is 0 Å². The second kappa shape index (κ2) is 8.20. The van der Waals surface area contributed by atoms with Crippen molar-refractivity contribution in [2.24, 2.45) is 5.92 Å². The minimum Gasteiger partial charge on any atom is -0.381 e. The van der Waals surface area contributed by atoms with E-state index in [4.69, 9.17) is 4.74 Å². The molecule has 0 aromatic heterocycles. The summed E-state index contributed by atoms with van der Waals surface area (Å²) in [6, 6.07) is 0.740. The van der Waals surface area contributed by atoms with Gasteiger partial charge in [0.25, 0.3) is 0 Å². The zero-order valence-electron chi connectivity index (χ0n) is 12.7. The lowest BCUT2D eigenvalue weighted by molar-refractivity contribution is 0.177. The first-order valence-corrected chi connectivity index (χ1v) is 8.00. The van der Waals surface area contributed by atoms with Crippen molar-refractivity contribution in [1.29, 1.82) is 0 Å². The fraction of sp³-hybridized carbons (Fsp3) is 1.00. The zero-order chi connectivity index (χ0) is 13.5. The van der Waals surface area contributed by atoms with E-state index >= 15 is 0 Å². The number of likely N-dealkylation sites (N-methyl/N-ethyl adjacent to an activating group) is 1. The first kappa shape index (κ1) is 15.2. The van der Waals surface area contributed by atoms with E-state index < -0.39 is 0 Å². The normalized spacial score (nSPS) is 30.6. The molecule has 0 spiro atoms. The molecule has 2 heterocycles. The van der Waals surface area contributed by atoms with Crippen LogP contribution in [-0.2, 0) is 4.74 Å². The molecule has 0 amide bonds. The number of ether oxygens (including phenoxy) is 1. The Morgan fingerprint density at radius 2 is 2.21 bits per heavy atom. The summed E-state index contributed by atoms with van der Waals surface area (Å²) in [4.78, 5) is 5.17. The molecule has 2 atom stereocenters. The first-order valence-electron chi connectivity index (χ1n) is 8.00. The van der Waals surface area contributed by atoms with E-state index in [-0.39, 0.29) is 0 Å². The fourth-order valence-corrected chi connectivity index (χ4v) is 3.25. The molecule has 112 valence electrons. The van der Waals surface area contributed by atoms with Crippen LogP contribution >= 0.6 is 0 Å². The molecule has 2 aliphatic heterocycles. The van der Waals surface area contributed by atoms with E-state index in [2.05, 4.69) is 29.1 Å². The first-order chi connectivity index (χ1) is 9.29. The number of rotatable bonds is 6. The van der Waals surface area contributed by atoms with Crippen LogP contribution in [0.1, 0.15) is 26.2 Å². The second-order valence-corrected chi connectivity index (χ2v) is 6.15. The van der Waals surface area contributed by atoms with E-state index in [1.165, 1.54) is 45.4 Å². The lowest BCUT2D eigenvalue weighted by Crippen LogP contribution is -2.43. The largest absolute Gasteiger partial charge is 0.381 e. The summed E-state index contributed by atoms with van der Waals surface area (Å²) in [6.07, 6.45) is 3.81. The van der Waals surface area contributed by atoms with E-state index in [0.29, 0.717) is 0 Å². The third-order valence-corrected chi connectivity index (χ3v) is 4.53. The van der Waals surface area contributed by atoms with Gasteiger partial charge in [0.2, 0.25) is 0 Å². The Morgan fingerprint density at radius 1 is 1.32 bits per heavy atom. The van der Waals surface area contributed by atoms with Crippen LogP contribution in [0.25, 0.3) is 0 Å². The number of hydrogen-bond acceptors (Lipinski definition) is 4. The molecule has 2 rings (SSSR count). The van der Waals surface area contributed by atoms with Gasteiger partial charge in [0.1, 0.15) is 0 Å². The van der Waals surface area contributed by atoms with Crippen LogP contribution in [0.2, 0.25) is 0 Å². The van der Waals surface area contributed by atoms with Crippen LogP contribution in [0.4, 0.5) is 0 Å². The topological polar surface area (TPSA) is 27.7 Å². The number of hydrogen-bond donors (Lipinski definition) is 1. The van der Waals surface area contributed by atoms with Gasteiger partial charge < -0.3 is 15.0 Å². The predicted octanol–water partition coefficient (Wildman–Crippen LogP) is 1.03. The standard InChI is InChI=1S/C15H31N3O/c1-3-15-12-17(2)7-4-8-18(15)9-6-16-11-14-5-10-19-13-14/h14-16H,3-13H2,1-2H3. The van der Waals surface area contributed by atoms with Crippen molar-refractivity contribution < 1.29 is 4.74 Å². The highest BCUT2D eigenvalue weighted by atomic mass is 16.5. The molecule has 4 nitrogen and oxygen atoms in total. The lowest BCUT2D eigenvalue weighted by atomic mass is 10.1. The zero-order valence-corrected chi connectivity index (χ0v) is 12.7. The monoisotopic (exact) mass is 269 g/mol. The molecule has 1 N–H and O–H groups in total. The van der Waals surface area contributed by atoms with E-state index in [1.807, 2.05) is 0 Å². The quantitative estimate of drug-likeness (QED) is 0.729. The number of nitrogens with one attached hydrogen (secondary N) is 1. The van der Waals surface area contributed by atoms with Gasteiger partial charge >= 0.3 is 0 Å². The van der Waals surface area contributed by atoms with Crippen molar-refractivity contribution in [3.8, 4) is 0 Å². The number of nitrogens with zero attached hydrogens (tertiary/aromatic N) is 2. The van der Waals surface area contributed by atoms with Crippen molar-refractivity contribution in [2.75, 3.05) is 59.5 Å². The summed E-state index contributed by atoms with van der Waals surface area (Å²) in [5.41, 5.74) is 0. The van der Waals surface area contributed by atoms with Crippen molar-refractivity contribution in [1.82, 2.24) is 15.1 Å². The summed E-state index contributed by atoms with van der Waals surface area (Å²) in [6.45, 7) is 11.4. The Hall–Kier alpha value is -0.160. The Morgan fingerprint density at radius 3 is 2.95 bits per heavy atom. The molecular weight excluding hydrogens is 238 g/mol. The molecule has 0 aromatic carbocycles. The summed E-state index contributed by atoms with van der Waals surface area (Å²) < 4.78 is 5.41. The van der Waals surface area contributed by atoms with Gasteiger partial charge in [-0.15, -0.1) is 0 Å². The molecule has 0 aliphatic carbocycles. The molecule has 2 aliphatic rings.